The van der Waals surface area contributed by atoms with Crippen LogP contribution in [0.15, 0.2) is 83.9 Å². The van der Waals surface area contributed by atoms with E-state index in [1.165, 1.54) is 0 Å². The quantitative estimate of drug-likeness (QED) is 0.391. The van der Waals surface area contributed by atoms with E-state index in [1.54, 1.807) is 36.2 Å². The first-order valence-corrected chi connectivity index (χ1v) is 10.2. The van der Waals surface area contributed by atoms with Gasteiger partial charge in [0.2, 0.25) is 0 Å². The van der Waals surface area contributed by atoms with Crippen LogP contribution >= 0.6 is 0 Å². The van der Waals surface area contributed by atoms with Gasteiger partial charge in [-0.2, -0.15) is 4.99 Å². The van der Waals surface area contributed by atoms with Crippen LogP contribution in [0, 0.1) is 0 Å². The second kappa shape index (κ2) is 10.4. The van der Waals surface area contributed by atoms with Crippen molar-refractivity contribution in [2.24, 2.45) is 16.5 Å². The Hall–Kier alpha value is -3.97. The molecule has 1 atom stereocenters. The largest absolute Gasteiger partial charge is 0.480 e. The molecule has 3 aromatic carbocycles. The number of carboxylic acids is 1. The number of hydrogen-bond acceptors (Lipinski definition) is 3. The maximum atomic E-state index is 12.5. The van der Waals surface area contributed by atoms with E-state index in [1.807, 2.05) is 48.5 Å². The summed E-state index contributed by atoms with van der Waals surface area (Å²) < 4.78 is 0. The Labute approximate surface area is 187 Å². The summed E-state index contributed by atoms with van der Waals surface area (Å²) in [5.74, 6) is -1.44. The molecule has 7 heteroatoms. The molecule has 3 rings (SSSR count). The molecule has 5 N–H and O–H groups in total. The number of rotatable bonds is 7. The van der Waals surface area contributed by atoms with Gasteiger partial charge in [0.1, 0.15) is 6.04 Å². The third kappa shape index (κ3) is 5.80. The van der Waals surface area contributed by atoms with Crippen molar-refractivity contribution in [3.63, 3.8) is 0 Å². The van der Waals surface area contributed by atoms with Crippen LogP contribution in [-0.2, 0) is 17.8 Å². The summed E-state index contributed by atoms with van der Waals surface area (Å²) in [4.78, 5) is 29.2. The lowest BCUT2D eigenvalue weighted by atomic mass is 9.99. The molecule has 3 aromatic rings. The van der Waals surface area contributed by atoms with Gasteiger partial charge in [0.25, 0.3) is 5.91 Å². The number of amides is 1. The van der Waals surface area contributed by atoms with Crippen LogP contribution < -0.4 is 11.5 Å². The summed E-state index contributed by atoms with van der Waals surface area (Å²) >= 11 is 0. The second-order valence-corrected chi connectivity index (χ2v) is 7.50. The Kier molecular flexibility index (Phi) is 7.36. The molecule has 1 amide bonds. The number of carboxylic acid groups (broad SMARTS) is 1. The van der Waals surface area contributed by atoms with E-state index in [9.17, 15) is 9.59 Å². The van der Waals surface area contributed by atoms with Gasteiger partial charge in [0.05, 0.1) is 0 Å². The highest BCUT2D eigenvalue weighted by Gasteiger charge is 2.14. The fraction of sp³-hybridized carbons (Fsp3) is 0.160. The van der Waals surface area contributed by atoms with Crippen LogP contribution in [0.4, 0.5) is 0 Å². The number of nitrogens with two attached hydrogens (primary N) is 2. The van der Waals surface area contributed by atoms with E-state index >= 15 is 0 Å². The minimum atomic E-state index is -1.07. The van der Waals surface area contributed by atoms with Crippen LogP contribution in [-0.4, -0.2) is 40.9 Å². The molecule has 7 nitrogen and oxygen atoms in total. The summed E-state index contributed by atoms with van der Waals surface area (Å²) in [6, 6.07) is 23.6. The highest BCUT2D eigenvalue weighted by Crippen LogP contribution is 2.24. The van der Waals surface area contributed by atoms with Crippen LogP contribution in [0.5, 0.6) is 0 Å². The molecular formula is C25H26N4O3. The molecule has 0 bridgehead atoms. The van der Waals surface area contributed by atoms with Gasteiger partial charge < -0.3 is 21.5 Å². The monoisotopic (exact) mass is 430 g/mol. The number of nitrogens with zero attached hydrogens (tertiary/aromatic N) is 2. The molecular weight excluding hydrogens is 404 g/mol. The summed E-state index contributed by atoms with van der Waals surface area (Å²) in [6.45, 7) is 0.486. The molecule has 0 aliphatic heterocycles. The smallest absolute Gasteiger partial charge is 0.320 e. The SMILES string of the molecule is CN(Cc1ccccc1-c1ccccc1)C(N)=NC(=O)c1ccc(C[C@H](N)C(=O)O)cc1. The first kappa shape index (κ1) is 22.7. The van der Waals surface area contributed by atoms with Gasteiger partial charge in [-0.05, 0) is 40.8 Å². The molecule has 0 aliphatic carbocycles. The average Bonchev–Trinajstić information content (AvgIpc) is 2.80. The van der Waals surface area contributed by atoms with Crippen molar-refractivity contribution >= 4 is 17.8 Å². The van der Waals surface area contributed by atoms with Crippen LogP contribution in [0.2, 0.25) is 0 Å². The summed E-state index contributed by atoms with van der Waals surface area (Å²) in [5, 5.41) is 8.91. The Balaban J connectivity index is 1.70. The fourth-order valence-corrected chi connectivity index (χ4v) is 3.27. The van der Waals surface area contributed by atoms with E-state index < -0.39 is 17.9 Å². The number of guanidine groups is 1. The molecule has 0 radical (unpaired) electrons. The Morgan fingerprint density at radius 3 is 2.25 bits per heavy atom. The Morgan fingerprint density at radius 1 is 0.969 bits per heavy atom. The van der Waals surface area contributed by atoms with Crippen molar-refractivity contribution in [1.29, 1.82) is 0 Å². The number of carbonyl (C=O) groups is 2. The van der Waals surface area contributed by atoms with Crippen molar-refractivity contribution in [2.45, 2.75) is 19.0 Å². The molecule has 0 unspecified atom stereocenters. The van der Waals surface area contributed by atoms with E-state index in [4.69, 9.17) is 16.6 Å². The molecule has 0 aromatic heterocycles. The van der Waals surface area contributed by atoms with Gasteiger partial charge in [0.15, 0.2) is 5.96 Å². The number of aliphatic carboxylic acids is 1. The normalized spacial score (nSPS) is 12.2. The lowest BCUT2D eigenvalue weighted by Crippen LogP contribution is -2.34. The molecule has 32 heavy (non-hydrogen) atoms. The van der Waals surface area contributed by atoms with Crippen LogP contribution in [0.25, 0.3) is 11.1 Å². The first-order chi connectivity index (χ1) is 15.3. The van der Waals surface area contributed by atoms with Gasteiger partial charge in [-0.3, -0.25) is 9.59 Å². The minimum absolute atomic E-state index is 0.106. The van der Waals surface area contributed by atoms with E-state index in [0.717, 1.165) is 22.3 Å². The van der Waals surface area contributed by atoms with Gasteiger partial charge in [-0.1, -0.05) is 66.7 Å². The van der Waals surface area contributed by atoms with Crippen molar-refractivity contribution < 1.29 is 14.7 Å². The number of benzene rings is 3. The lowest BCUT2D eigenvalue weighted by Gasteiger charge is -2.20. The third-order valence-electron chi connectivity index (χ3n) is 5.09. The highest BCUT2D eigenvalue weighted by atomic mass is 16.4. The second-order valence-electron chi connectivity index (χ2n) is 7.50. The standard InChI is InChI=1S/C25H26N4O3/c1-29(16-20-9-5-6-10-21(20)18-7-3-2-4-8-18)25(27)28-23(30)19-13-11-17(12-14-19)15-22(26)24(31)32/h2-14,22H,15-16,26H2,1H3,(H,31,32)(H2,27,28,30)/t22-/m0/s1. The van der Waals surface area contributed by atoms with Crippen molar-refractivity contribution in [1.82, 2.24) is 4.90 Å². The van der Waals surface area contributed by atoms with Gasteiger partial charge in [-0.15, -0.1) is 0 Å². The number of aliphatic imine (C=N–C) groups is 1. The molecule has 0 aliphatic rings. The van der Waals surface area contributed by atoms with Crippen molar-refractivity contribution in [2.75, 3.05) is 7.05 Å². The third-order valence-corrected chi connectivity index (χ3v) is 5.09. The summed E-state index contributed by atoms with van der Waals surface area (Å²) in [6.07, 6.45) is 0.179. The minimum Gasteiger partial charge on any atom is -0.480 e. The van der Waals surface area contributed by atoms with Gasteiger partial charge >= 0.3 is 5.97 Å². The Bertz CT molecular complexity index is 1110. The molecule has 0 saturated carbocycles. The van der Waals surface area contributed by atoms with E-state index in [0.29, 0.717) is 12.1 Å². The maximum absolute atomic E-state index is 12.5. The zero-order valence-electron chi connectivity index (χ0n) is 17.8. The predicted molar refractivity (Wildman–Crippen MR) is 125 cm³/mol. The van der Waals surface area contributed by atoms with Crippen LogP contribution in [0.1, 0.15) is 21.5 Å². The number of carbonyl (C=O) groups excluding carboxylic acids is 1. The molecule has 0 spiro atoms. The maximum Gasteiger partial charge on any atom is 0.320 e. The van der Waals surface area contributed by atoms with E-state index in [-0.39, 0.29) is 12.4 Å². The van der Waals surface area contributed by atoms with Crippen molar-refractivity contribution in [3.8, 4) is 11.1 Å². The highest BCUT2D eigenvalue weighted by molar-refractivity contribution is 6.02. The number of hydrogen-bond donors (Lipinski definition) is 3. The molecule has 0 saturated heterocycles. The van der Waals surface area contributed by atoms with Crippen molar-refractivity contribution in [3.05, 3.63) is 95.6 Å². The molecule has 164 valence electrons. The molecule has 0 heterocycles. The average molecular weight is 431 g/mol. The molecule has 0 fully saturated rings. The van der Waals surface area contributed by atoms with Gasteiger partial charge in [0, 0.05) is 19.2 Å². The zero-order chi connectivity index (χ0) is 23.1. The summed E-state index contributed by atoms with van der Waals surface area (Å²) in [7, 11) is 1.78. The fourth-order valence-electron chi connectivity index (χ4n) is 3.27. The Morgan fingerprint density at radius 2 is 1.59 bits per heavy atom. The van der Waals surface area contributed by atoms with Crippen LogP contribution in [0.3, 0.4) is 0 Å². The first-order valence-electron chi connectivity index (χ1n) is 10.2. The lowest BCUT2D eigenvalue weighted by molar-refractivity contribution is -0.138. The topological polar surface area (TPSA) is 122 Å². The van der Waals surface area contributed by atoms with E-state index in [2.05, 4.69) is 11.1 Å². The predicted octanol–water partition coefficient (Wildman–Crippen LogP) is 2.89. The zero-order valence-corrected chi connectivity index (χ0v) is 17.8. The van der Waals surface area contributed by atoms with Gasteiger partial charge in [-0.25, -0.2) is 0 Å². The summed E-state index contributed by atoms with van der Waals surface area (Å²) in [5.41, 5.74) is 16.0.